The topological polar surface area (TPSA) is 343 Å². The molecule has 18 nitrogen and oxygen atoms in total. The molecule has 0 aromatic heterocycles. The molecular formula is C26H43N11O7. The van der Waals surface area contributed by atoms with Gasteiger partial charge in [0.25, 0.3) is 0 Å². The summed E-state index contributed by atoms with van der Waals surface area (Å²) in [7, 11) is 0. The van der Waals surface area contributed by atoms with Gasteiger partial charge in [-0.05, 0) is 49.8 Å². The number of aliphatic imine (C=N–C) groups is 2. The molecule has 0 aliphatic rings. The third kappa shape index (κ3) is 15.2. The number of carbonyl (C=O) groups excluding carboxylic acids is 4. The Balaban J connectivity index is 3.14. The van der Waals surface area contributed by atoms with Crippen molar-refractivity contribution in [3.63, 3.8) is 0 Å². The van der Waals surface area contributed by atoms with E-state index in [2.05, 4.69) is 25.9 Å². The molecule has 17 N–H and O–H groups in total. The average molecular weight is 622 g/mol. The number of aliphatic carboxylic acids is 1. The Hall–Kier alpha value is -5.13. The number of phenols is 1. The Morgan fingerprint density at radius 3 is 1.59 bits per heavy atom. The van der Waals surface area contributed by atoms with Gasteiger partial charge in [-0.15, -0.1) is 0 Å². The zero-order valence-electron chi connectivity index (χ0n) is 24.3. The Labute approximate surface area is 254 Å². The molecule has 244 valence electrons. The Morgan fingerprint density at radius 1 is 0.705 bits per heavy atom. The number of aromatic hydroxyl groups is 1. The average Bonchev–Trinajstić information content (AvgIpc) is 2.94. The molecule has 0 spiro atoms. The summed E-state index contributed by atoms with van der Waals surface area (Å²) >= 11 is 0. The van der Waals surface area contributed by atoms with Gasteiger partial charge >= 0.3 is 5.97 Å². The highest BCUT2D eigenvalue weighted by Crippen LogP contribution is 2.12. The van der Waals surface area contributed by atoms with Crippen LogP contribution in [0.15, 0.2) is 34.3 Å². The van der Waals surface area contributed by atoms with E-state index in [0.717, 1.165) is 0 Å². The number of hydrogen-bond donors (Lipinski definition) is 11. The van der Waals surface area contributed by atoms with Crippen LogP contribution < -0.4 is 50.4 Å². The van der Waals surface area contributed by atoms with Gasteiger partial charge in [0.15, 0.2) is 11.9 Å². The van der Waals surface area contributed by atoms with Crippen LogP contribution in [0.2, 0.25) is 0 Å². The van der Waals surface area contributed by atoms with Crippen LogP contribution in [0.25, 0.3) is 0 Å². The molecule has 0 heterocycles. The van der Waals surface area contributed by atoms with Crippen molar-refractivity contribution in [3.05, 3.63) is 29.8 Å². The second-order valence-electron chi connectivity index (χ2n) is 9.90. The minimum Gasteiger partial charge on any atom is -0.508 e. The number of nitrogens with zero attached hydrogens (tertiary/aromatic N) is 2. The van der Waals surface area contributed by atoms with E-state index in [-0.39, 0.29) is 75.7 Å². The molecule has 0 radical (unpaired) electrons. The molecule has 4 atom stereocenters. The summed E-state index contributed by atoms with van der Waals surface area (Å²) in [5.41, 5.74) is 32.9. The highest BCUT2D eigenvalue weighted by Gasteiger charge is 2.30. The summed E-state index contributed by atoms with van der Waals surface area (Å²) in [6.07, 6.45) is 0.209. The van der Waals surface area contributed by atoms with E-state index in [4.69, 9.17) is 34.4 Å². The summed E-state index contributed by atoms with van der Waals surface area (Å²) in [6.45, 7) is 0.251. The van der Waals surface area contributed by atoms with Crippen molar-refractivity contribution < 1.29 is 34.2 Å². The maximum atomic E-state index is 13.4. The number of carboxylic acids is 1. The number of carboxylic acid groups (broad SMARTS) is 1. The molecule has 4 unspecified atom stereocenters. The fraction of sp³-hybridized carbons (Fsp3) is 0.500. The Kier molecular flexibility index (Phi) is 16.0. The number of benzene rings is 1. The van der Waals surface area contributed by atoms with Crippen molar-refractivity contribution in [1.29, 1.82) is 0 Å². The molecule has 0 aliphatic heterocycles. The Bertz CT molecular complexity index is 1180. The van der Waals surface area contributed by atoms with Gasteiger partial charge in [0.2, 0.25) is 23.6 Å². The number of phenolic OH excluding ortho intramolecular Hbond substituents is 1. The number of carbonyl (C=O) groups is 5. The summed E-state index contributed by atoms with van der Waals surface area (Å²) in [5.74, 6) is -4.64. The molecule has 0 bridgehead atoms. The first-order chi connectivity index (χ1) is 20.7. The molecule has 4 amide bonds. The first-order valence-electron chi connectivity index (χ1n) is 13.8. The fourth-order valence-electron chi connectivity index (χ4n) is 3.86. The zero-order valence-corrected chi connectivity index (χ0v) is 24.3. The van der Waals surface area contributed by atoms with Gasteiger partial charge in [0, 0.05) is 25.9 Å². The molecule has 1 aromatic carbocycles. The monoisotopic (exact) mass is 621 g/mol. The van der Waals surface area contributed by atoms with Crippen molar-refractivity contribution in [2.24, 2.45) is 44.4 Å². The highest BCUT2D eigenvalue weighted by atomic mass is 16.4. The summed E-state index contributed by atoms with van der Waals surface area (Å²) in [6, 6.07) is 0.808. The van der Waals surface area contributed by atoms with E-state index in [9.17, 15) is 34.2 Å². The number of nitrogens with one attached hydrogen (secondary N) is 3. The lowest BCUT2D eigenvalue weighted by Crippen LogP contribution is -2.57. The molecule has 18 heteroatoms. The van der Waals surface area contributed by atoms with Crippen molar-refractivity contribution in [2.75, 3.05) is 13.1 Å². The van der Waals surface area contributed by atoms with Crippen LogP contribution in [0.3, 0.4) is 0 Å². The summed E-state index contributed by atoms with van der Waals surface area (Å²) in [4.78, 5) is 70.1. The van der Waals surface area contributed by atoms with E-state index < -0.39 is 53.8 Å². The molecule has 0 fully saturated rings. The number of amides is 4. The third-order valence-electron chi connectivity index (χ3n) is 6.19. The minimum absolute atomic E-state index is 0.00664. The largest absolute Gasteiger partial charge is 0.508 e. The maximum Gasteiger partial charge on any atom is 0.326 e. The SMILES string of the molecule is NC(=O)CCC(N)C(=O)NC(CCCN=C(N)N)C(=O)NC(CCCN=C(N)N)C(=O)NC(Cc1ccc(O)cc1)C(=O)O. The van der Waals surface area contributed by atoms with Gasteiger partial charge in [-0.3, -0.25) is 29.2 Å². The maximum absolute atomic E-state index is 13.4. The van der Waals surface area contributed by atoms with Crippen LogP contribution in [0, 0.1) is 0 Å². The van der Waals surface area contributed by atoms with Gasteiger partial charge in [-0.1, -0.05) is 12.1 Å². The van der Waals surface area contributed by atoms with Crippen molar-refractivity contribution >= 4 is 41.5 Å². The van der Waals surface area contributed by atoms with Crippen LogP contribution >= 0.6 is 0 Å². The van der Waals surface area contributed by atoms with E-state index in [1.807, 2.05) is 0 Å². The van der Waals surface area contributed by atoms with E-state index >= 15 is 0 Å². The van der Waals surface area contributed by atoms with Gasteiger partial charge in [-0.2, -0.15) is 0 Å². The lowest BCUT2D eigenvalue weighted by molar-refractivity contribution is -0.142. The first-order valence-corrected chi connectivity index (χ1v) is 13.8. The fourth-order valence-corrected chi connectivity index (χ4v) is 3.86. The number of guanidine groups is 2. The van der Waals surface area contributed by atoms with Crippen molar-refractivity contribution in [3.8, 4) is 5.75 Å². The van der Waals surface area contributed by atoms with Crippen LogP contribution in [0.1, 0.15) is 44.1 Å². The quantitative estimate of drug-likeness (QED) is 0.0379. The predicted molar refractivity (Wildman–Crippen MR) is 161 cm³/mol. The van der Waals surface area contributed by atoms with Crippen LogP contribution in [0.4, 0.5) is 0 Å². The number of hydrogen-bond acceptors (Lipinski definition) is 9. The number of primary amides is 1. The van der Waals surface area contributed by atoms with E-state index in [1.165, 1.54) is 24.3 Å². The molecule has 0 saturated heterocycles. The van der Waals surface area contributed by atoms with Gasteiger partial charge in [0.05, 0.1) is 6.04 Å². The van der Waals surface area contributed by atoms with Crippen molar-refractivity contribution in [1.82, 2.24) is 16.0 Å². The minimum atomic E-state index is -1.37. The number of nitrogens with two attached hydrogens (primary N) is 6. The Morgan fingerprint density at radius 2 is 1.16 bits per heavy atom. The predicted octanol–water partition coefficient (Wildman–Crippen LogP) is -3.83. The number of rotatable bonds is 20. The summed E-state index contributed by atoms with van der Waals surface area (Å²) < 4.78 is 0. The van der Waals surface area contributed by atoms with Crippen LogP contribution in [0.5, 0.6) is 5.75 Å². The smallest absolute Gasteiger partial charge is 0.326 e. The molecule has 44 heavy (non-hydrogen) atoms. The van der Waals surface area contributed by atoms with Gasteiger partial charge in [-0.25, -0.2) is 4.79 Å². The second-order valence-corrected chi connectivity index (χ2v) is 9.90. The van der Waals surface area contributed by atoms with Crippen molar-refractivity contribution in [2.45, 2.75) is 69.1 Å². The lowest BCUT2D eigenvalue weighted by Gasteiger charge is -2.25. The first kappa shape index (κ1) is 36.9. The zero-order chi connectivity index (χ0) is 33.2. The molecule has 0 aliphatic carbocycles. The molecular weight excluding hydrogens is 578 g/mol. The van der Waals surface area contributed by atoms with Gasteiger partial charge in [0.1, 0.15) is 23.9 Å². The third-order valence-corrected chi connectivity index (χ3v) is 6.19. The summed E-state index contributed by atoms with van der Waals surface area (Å²) in [5, 5.41) is 26.7. The normalized spacial score (nSPS) is 13.3. The molecule has 1 aromatic rings. The molecule has 0 saturated carbocycles. The van der Waals surface area contributed by atoms with Crippen LogP contribution in [-0.2, 0) is 30.4 Å². The highest BCUT2D eigenvalue weighted by molar-refractivity contribution is 5.94. The van der Waals surface area contributed by atoms with E-state index in [1.54, 1.807) is 0 Å². The molecule has 1 rings (SSSR count). The standard InChI is InChI=1S/C26H43N11O7/c27-16(9-10-20(28)39)21(40)35-17(3-1-11-33-25(29)30)22(41)36-18(4-2-12-34-26(31)32)23(42)37-19(24(43)44)13-14-5-7-15(38)8-6-14/h5-8,16-19,38H,1-4,9-13,27H2,(H2,28,39)(H,35,40)(H,36,41)(H,37,42)(H,43,44)(H4,29,30,33)(H4,31,32,34). The van der Waals surface area contributed by atoms with Gasteiger partial charge < -0.3 is 60.6 Å². The van der Waals surface area contributed by atoms with E-state index in [0.29, 0.717) is 5.56 Å². The second kappa shape index (κ2) is 19.1. The van der Waals surface area contributed by atoms with Crippen LogP contribution in [-0.4, -0.2) is 89.0 Å². The lowest BCUT2D eigenvalue weighted by atomic mass is 10.0.